The Balaban J connectivity index is 1.60. The first kappa shape index (κ1) is 21.2. The number of carbonyl (C=O) groups excluding carboxylic acids is 3. The van der Waals surface area contributed by atoms with Gasteiger partial charge >= 0.3 is 6.03 Å². The van der Waals surface area contributed by atoms with Crippen LogP contribution in [0.15, 0.2) is 74.6 Å². The number of imide groups is 2. The monoisotopic (exact) mass is 472 g/mol. The van der Waals surface area contributed by atoms with E-state index in [2.05, 4.69) is 5.32 Å². The Labute approximate surface area is 191 Å². The molecule has 4 amide bonds. The van der Waals surface area contributed by atoms with Gasteiger partial charge in [-0.15, -0.1) is 0 Å². The van der Waals surface area contributed by atoms with E-state index in [1.54, 1.807) is 43.3 Å². The van der Waals surface area contributed by atoms with Crippen molar-refractivity contribution in [1.82, 2.24) is 5.32 Å². The summed E-state index contributed by atoms with van der Waals surface area (Å²) in [6, 6.07) is 14.5. The lowest BCUT2D eigenvalue weighted by atomic mass is 10.1. The van der Waals surface area contributed by atoms with Crippen LogP contribution in [-0.4, -0.2) is 17.8 Å². The smallest absolute Gasteiger partial charge is 0.335 e. The van der Waals surface area contributed by atoms with Crippen LogP contribution in [-0.2, 0) is 9.59 Å². The number of halogens is 2. The number of benzene rings is 2. The molecule has 156 valence electrons. The number of carbonyl (C=O) groups is 3. The summed E-state index contributed by atoms with van der Waals surface area (Å²) in [4.78, 5) is 39.4. The summed E-state index contributed by atoms with van der Waals surface area (Å²) < 4.78 is 5.72. The standard InChI is InChI=1S/C22H14Cl2N2O4S/c1-12-2-5-14(10-18(12)24)26-21(28)17(20(27)25-22(26)29)11-15-6-9-19(30-15)31-16-7-3-13(23)4-8-16/h2-11H,1H3,(H,25,27,29)/b17-11+. The zero-order chi connectivity index (χ0) is 22.1. The predicted octanol–water partition coefficient (Wildman–Crippen LogP) is 5.71. The second kappa shape index (κ2) is 8.63. The number of nitrogens with one attached hydrogen (secondary N) is 1. The number of barbiturate groups is 1. The summed E-state index contributed by atoms with van der Waals surface area (Å²) in [6.45, 7) is 1.80. The summed E-state index contributed by atoms with van der Waals surface area (Å²) in [5.74, 6) is -1.27. The zero-order valence-corrected chi connectivity index (χ0v) is 18.3. The number of furan rings is 1. The molecule has 0 radical (unpaired) electrons. The molecule has 0 atom stereocenters. The lowest BCUT2D eigenvalue weighted by Crippen LogP contribution is -2.54. The number of nitrogens with zero attached hydrogens (tertiary/aromatic N) is 1. The highest BCUT2D eigenvalue weighted by Gasteiger charge is 2.37. The lowest BCUT2D eigenvalue weighted by Gasteiger charge is -2.26. The molecule has 1 aromatic heterocycles. The van der Waals surface area contributed by atoms with Gasteiger partial charge in [0.2, 0.25) is 0 Å². The van der Waals surface area contributed by atoms with Crippen molar-refractivity contribution in [3.8, 4) is 0 Å². The van der Waals surface area contributed by atoms with Crippen molar-refractivity contribution in [2.75, 3.05) is 4.90 Å². The van der Waals surface area contributed by atoms with Gasteiger partial charge < -0.3 is 4.42 Å². The van der Waals surface area contributed by atoms with E-state index in [0.717, 1.165) is 15.4 Å². The average Bonchev–Trinajstić information content (AvgIpc) is 3.16. The Hall–Kier alpha value is -3.00. The van der Waals surface area contributed by atoms with Gasteiger partial charge in [0, 0.05) is 14.9 Å². The molecular formula is C22H14Cl2N2O4S. The molecule has 1 aliphatic heterocycles. The summed E-state index contributed by atoms with van der Waals surface area (Å²) in [6.07, 6.45) is 1.30. The summed E-state index contributed by atoms with van der Waals surface area (Å²) in [5, 5.41) is 3.77. The Bertz CT molecular complexity index is 1230. The molecule has 9 heteroatoms. The lowest BCUT2D eigenvalue weighted by molar-refractivity contribution is -0.122. The third-order valence-corrected chi connectivity index (χ3v) is 6.02. The second-order valence-corrected chi connectivity index (χ2v) is 8.53. The quantitative estimate of drug-likeness (QED) is 0.388. The van der Waals surface area contributed by atoms with Crippen molar-refractivity contribution in [2.24, 2.45) is 0 Å². The minimum absolute atomic E-state index is 0.228. The normalized spacial score (nSPS) is 15.5. The fraction of sp³-hybridized carbons (Fsp3) is 0.0455. The zero-order valence-electron chi connectivity index (χ0n) is 16.0. The molecule has 0 saturated carbocycles. The maximum Gasteiger partial charge on any atom is 0.335 e. The van der Waals surface area contributed by atoms with Crippen LogP contribution in [0.4, 0.5) is 10.5 Å². The first-order valence-corrected chi connectivity index (χ1v) is 10.6. The van der Waals surface area contributed by atoms with Gasteiger partial charge in [0.05, 0.1) is 5.69 Å². The molecule has 0 bridgehead atoms. The minimum Gasteiger partial charge on any atom is -0.450 e. The molecular weight excluding hydrogens is 459 g/mol. The highest BCUT2D eigenvalue weighted by atomic mass is 35.5. The molecule has 6 nitrogen and oxygen atoms in total. The van der Waals surface area contributed by atoms with Crippen LogP contribution in [0.2, 0.25) is 10.0 Å². The molecule has 1 N–H and O–H groups in total. The summed E-state index contributed by atoms with van der Waals surface area (Å²) in [5.41, 5.74) is 0.826. The summed E-state index contributed by atoms with van der Waals surface area (Å²) >= 11 is 13.4. The van der Waals surface area contributed by atoms with Gasteiger partial charge in [0.25, 0.3) is 11.8 Å². The average molecular weight is 473 g/mol. The van der Waals surface area contributed by atoms with E-state index in [1.807, 2.05) is 12.1 Å². The van der Waals surface area contributed by atoms with E-state index in [9.17, 15) is 14.4 Å². The fourth-order valence-electron chi connectivity index (χ4n) is 2.84. The van der Waals surface area contributed by atoms with Gasteiger partial charge in [-0.3, -0.25) is 14.9 Å². The van der Waals surface area contributed by atoms with E-state index >= 15 is 0 Å². The largest absolute Gasteiger partial charge is 0.450 e. The van der Waals surface area contributed by atoms with Crippen molar-refractivity contribution in [3.05, 3.63) is 81.5 Å². The maximum absolute atomic E-state index is 13.0. The number of aryl methyl sites for hydroxylation is 1. The topological polar surface area (TPSA) is 79.6 Å². The molecule has 0 spiro atoms. The van der Waals surface area contributed by atoms with Crippen LogP contribution in [0.3, 0.4) is 0 Å². The van der Waals surface area contributed by atoms with Crippen molar-refractivity contribution < 1.29 is 18.8 Å². The van der Waals surface area contributed by atoms with Crippen molar-refractivity contribution in [3.63, 3.8) is 0 Å². The number of rotatable bonds is 4. The third-order valence-electron chi connectivity index (χ3n) is 4.44. The van der Waals surface area contributed by atoms with Gasteiger partial charge in [-0.2, -0.15) is 0 Å². The molecule has 1 fully saturated rings. The number of hydrogen-bond acceptors (Lipinski definition) is 5. The SMILES string of the molecule is Cc1ccc(N2C(=O)NC(=O)/C(=C\c3ccc(Sc4ccc(Cl)cc4)o3)C2=O)cc1Cl. The Morgan fingerprint density at radius 1 is 1.00 bits per heavy atom. The highest BCUT2D eigenvalue weighted by molar-refractivity contribution is 7.99. The first-order chi connectivity index (χ1) is 14.8. The molecule has 4 rings (SSSR count). The maximum atomic E-state index is 13.0. The van der Waals surface area contributed by atoms with Crippen LogP contribution < -0.4 is 10.2 Å². The van der Waals surface area contributed by atoms with Crippen LogP contribution in [0, 0.1) is 6.92 Å². The van der Waals surface area contributed by atoms with Gasteiger partial charge in [-0.05, 0) is 67.1 Å². The Morgan fingerprint density at radius 3 is 2.45 bits per heavy atom. The van der Waals surface area contributed by atoms with E-state index in [-0.39, 0.29) is 11.3 Å². The van der Waals surface area contributed by atoms with Gasteiger partial charge in [0.1, 0.15) is 11.3 Å². The molecule has 31 heavy (non-hydrogen) atoms. The van der Waals surface area contributed by atoms with Gasteiger partial charge in [-0.25, -0.2) is 9.69 Å². The number of hydrogen-bond donors (Lipinski definition) is 1. The van der Waals surface area contributed by atoms with Crippen molar-refractivity contribution in [2.45, 2.75) is 16.9 Å². The molecule has 1 aliphatic rings. The third kappa shape index (κ3) is 4.54. The summed E-state index contributed by atoms with van der Waals surface area (Å²) in [7, 11) is 0. The van der Waals surface area contributed by atoms with Crippen LogP contribution >= 0.6 is 35.0 Å². The van der Waals surface area contributed by atoms with E-state index in [4.69, 9.17) is 27.6 Å². The van der Waals surface area contributed by atoms with E-state index in [0.29, 0.717) is 20.9 Å². The number of anilines is 1. The highest BCUT2D eigenvalue weighted by Crippen LogP contribution is 2.31. The minimum atomic E-state index is -0.842. The first-order valence-electron chi connectivity index (χ1n) is 9.03. The molecule has 0 aliphatic carbocycles. The van der Waals surface area contributed by atoms with E-state index < -0.39 is 17.8 Å². The number of urea groups is 1. The van der Waals surface area contributed by atoms with Crippen molar-refractivity contribution >= 4 is 64.6 Å². The van der Waals surface area contributed by atoms with Crippen molar-refractivity contribution in [1.29, 1.82) is 0 Å². The van der Waals surface area contributed by atoms with Crippen LogP contribution in [0.25, 0.3) is 6.08 Å². The van der Waals surface area contributed by atoms with E-state index in [1.165, 1.54) is 23.9 Å². The predicted molar refractivity (Wildman–Crippen MR) is 119 cm³/mol. The molecule has 1 saturated heterocycles. The van der Waals surface area contributed by atoms with Crippen LogP contribution in [0.1, 0.15) is 11.3 Å². The second-order valence-electron chi connectivity index (χ2n) is 6.60. The van der Waals surface area contributed by atoms with Gasteiger partial charge in [-0.1, -0.05) is 41.0 Å². The van der Waals surface area contributed by atoms with Crippen LogP contribution in [0.5, 0.6) is 0 Å². The van der Waals surface area contributed by atoms with Gasteiger partial charge in [0.15, 0.2) is 5.09 Å². The Morgan fingerprint density at radius 2 is 1.74 bits per heavy atom. The molecule has 0 unspecified atom stereocenters. The molecule has 2 aromatic carbocycles. The molecule has 3 aromatic rings. The Kier molecular flexibility index (Phi) is 5.91. The molecule has 2 heterocycles. The fourth-order valence-corrected chi connectivity index (χ4v) is 3.92. The number of amides is 4.